The van der Waals surface area contributed by atoms with E-state index in [2.05, 4.69) is 30.0 Å². The van der Waals surface area contributed by atoms with Gasteiger partial charge in [-0.25, -0.2) is 4.98 Å². The van der Waals surface area contributed by atoms with Gasteiger partial charge in [0.15, 0.2) is 0 Å². The van der Waals surface area contributed by atoms with Crippen molar-refractivity contribution in [3.05, 3.63) is 35.9 Å². The highest BCUT2D eigenvalue weighted by molar-refractivity contribution is 5.02. The summed E-state index contributed by atoms with van der Waals surface area (Å²) >= 11 is 0. The Morgan fingerprint density at radius 1 is 1.32 bits per heavy atom. The van der Waals surface area contributed by atoms with E-state index in [1.807, 2.05) is 19.3 Å². The van der Waals surface area contributed by atoms with E-state index < -0.39 is 0 Å². The SMILES string of the molecule is Cc1cnc(CN2CCCC(c3ncn[nH]3)C2)cn1. The second-order valence-electron chi connectivity index (χ2n) is 5.09. The Labute approximate surface area is 112 Å². The molecular weight excluding hydrogens is 240 g/mol. The lowest BCUT2D eigenvalue weighted by Crippen LogP contribution is -2.34. The number of aromatic amines is 1. The maximum absolute atomic E-state index is 4.42. The number of H-pyrrole nitrogens is 1. The molecule has 0 amide bonds. The van der Waals surface area contributed by atoms with Gasteiger partial charge in [0.1, 0.15) is 12.2 Å². The molecule has 6 nitrogen and oxygen atoms in total. The molecule has 1 N–H and O–H groups in total. The lowest BCUT2D eigenvalue weighted by Gasteiger charge is -2.31. The van der Waals surface area contributed by atoms with Crippen LogP contribution in [0.2, 0.25) is 0 Å². The predicted octanol–water partition coefficient (Wildman–Crippen LogP) is 1.28. The largest absolute Gasteiger partial charge is 0.297 e. The van der Waals surface area contributed by atoms with Crippen LogP contribution in [0.3, 0.4) is 0 Å². The van der Waals surface area contributed by atoms with Crippen molar-refractivity contribution < 1.29 is 0 Å². The van der Waals surface area contributed by atoms with Gasteiger partial charge in [0.25, 0.3) is 0 Å². The monoisotopic (exact) mass is 258 g/mol. The summed E-state index contributed by atoms with van der Waals surface area (Å²) in [6.07, 6.45) is 7.64. The van der Waals surface area contributed by atoms with E-state index in [0.717, 1.165) is 36.8 Å². The summed E-state index contributed by atoms with van der Waals surface area (Å²) in [5.74, 6) is 1.45. The topological polar surface area (TPSA) is 70.6 Å². The summed E-state index contributed by atoms with van der Waals surface area (Å²) in [4.78, 5) is 15.4. The van der Waals surface area contributed by atoms with Crippen molar-refractivity contribution in [1.29, 1.82) is 0 Å². The average molecular weight is 258 g/mol. The van der Waals surface area contributed by atoms with Crippen LogP contribution >= 0.6 is 0 Å². The van der Waals surface area contributed by atoms with Crippen LogP contribution in [0.5, 0.6) is 0 Å². The molecule has 3 rings (SSSR count). The summed E-state index contributed by atoms with van der Waals surface area (Å²) in [6, 6.07) is 0. The Morgan fingerprint density at radius 3 is 3.00 bits per heavy atom. The molecule has 0 aliphatic carbocycles. The van der Waals surface area contributed by atoms with E-state index in [1.165, 1.54) is 12.8 Å². The van der Waals surface area contributed by atoms with E-state index in [1.54, 1.807) is 6.33 Å². The molecule has 0 radical (unpaired) electrons. The molecule has 1 unspecified atom stereocenters. The fourth-order valence-electron chi connectivity index (χ4n) is 2.56. The van der Waals surface area contributed by atoms with Crippen LogP contribution in [-0.4, -0.2) is 43.1 Å². The lowest BCUT2D eigenvalue weighted by atomic mass is 9.97. The van der Waals surface area contributed by atoms with Crippen LogP contribution in [-0.2, 0) is 6.54 Å². The molecule has 19 heavy (non-hydrogen) atoms. The molecule has 0 saturated carbocycles. The maximum atomic E-state index is 4.42. The first-order valence-corrected chi connectivity index (χ1v) is 6.66. The molecule has 1 saturated heterocycles. The summed E-state index contributed by atoms with van der Waals surface area (Å²) in [7, 11) is 0. The number of hydrogen-bond donors (Lipinski definition) is 1. The minimum absolute atomic E-state index is 0.453. The van der Waals surface area contributed by atoms with Gasteiger partial charge in [0, 0.05) is 31.4 Å². The number of rotatable bonds is 3. The molecular formula is C13H18N6. The third kappa shape index (κ3) is 2.96. The van der Waals surface area contributed by atoms with Gasteiger partial charge >= 0.3 is 0 Å². The van der Waals surface area contributed by atoms with Crippen molar-refractivity contribution in [1.82, 2.24) is 30.0 Å². The fourth-order valence-corrected chi connectivity index (χ4v) is 2.56. The maximum Gasteiger partial charge on any atom is 0.137 e. The first-order chi connectivity index (χ1) is 9.31. The molecule has 6 heteroatoms. The molecule has 1 aliphatic rings. The van der Waals surface area contributed by atoms with Crippen molar-refractivity contribution in [2.24, 2.45) is 0 Å². The highest BCUT2D eigenvalue weighted by Crippen LogP contribution is 2.24. The predicted molar refractivity (Wildman–Crippen MR) is 70.4 cm³/mol. The number of nitrogens with one attached hydrogen (secondary N) is 1. The van der Waals surface area contributed by atoms with Gasteiger partial charge in [-0.2, -0.15) is 5.10 Å². The zero-order valence-electron chi connectivity index (χ0n) is 11.1. The number of hydrogen-bond acceptors (Lipinski definition) is 5. The highest BCUT2D eigenvalue weighted by Gasteiger charge is 2.23. The van der Waals surface area contributed by atoms with E-state index in [0.29, 0.717) is 5.92 Å². The minimum Gasteiger partial charge on any atom is -0.297 e. The van der Waals surface area contributed by atoms with Crippen LogP contribution in [0.15, 0.2) is 18.7 Å². The average Bonchev–Trinajstić information content (AvgIpc) is 2.96. The third-order valence-electron chi connectivity index (χ3n) is 3.55. The van der Waals surface area contributed by atoms with E-state index >= 15 is 0 Å². The Bertz CT molecular complexity index is 506. The Hall–Kier alpha value is -1.82. The van der Waals surface area contributed by atoms with Crippen molar-refractivity contribution in [3.8, 4) is 0 Å². The van der Waals surface area contributed by atoms with Crippen molar-refractivity contribution in [2.75, 3.05) is 13.1 Å². The summed E-state index contributed by atoms with van der Waals surface area (Å²) in [5, 5.41) is 6.92. The van der Waals surface area contributed by atoms with Gasteiger partial charge in [-0.1, -0.05) is 0 Å². The number of aromatic nitrogens is 5. The minimum atomic E-state index is 0.453. The zero-order valence-corrected chi connectivity index (χ0v) is 11.1. The van der Waals surface area contributed by atoms with Crippen molar-refractivity contribution in [3.63, 3.8) is 0 Å². The van der Waals surface area contributed by atoms with Gasteiger partial charge in [-0.15, -0.1) is 0 Å². The Balaban J connectivity index is 1.64. The smallest absolute Gasteiger partial charge is 0.137 e. The molecule has 100 valence electrons. The van der Waals surface area contributed by atoms with Gasteiger partial charge in [-0.05, 0) is 26.3 Å². The quantitative estimate of drug-likeness (QED) is 0.898. The molecule has 1 fully saturated rings. The Kier molecular flexibility index (Phi) is 3.50. The van der Waals surface area contributed by atoms with Gasteiger partial charge in [0.05, 0.1) is 11.4 Å². The fraction of sp³-hybridized carbons (Fsp3) is 0.538. The summed E-state index contributed by atoms with van der Waals surface area (Å²) in [6.45, 7) is 4.93. The number of likely N-dealkylation sites (tertiary alicyclic amines) is 1. The third-order valence-corrected chi connectivity index (χ3v) is 3.55. The summed E-state index contributed by atoms with van der Waals surface area (Å²) in [5.41, 5.74) is 1.99. The number of aryl methyl sites for hydroxylation is 1. The molecule has 3 heterocycles. The first kappa shape index (κ1) is 12.2. The first-order valence-electron chi connectivity index (χ1n) is 6.66. The highest BCUT2D eigenvalue weighted by atomic mass is 15.2. The molecule has 1 atom stereocenters. The van der Waals surface area contributed by atoms with E-state index in [9.17, 15) is 0 Å². The van der Waals surface area contributed by atoms with Gasteiger partial charge in [0.2, 0.25) is 0 Å². The Morgan fingerprint density at radius 2 is 2.26 bits per heavy atom. The van der Waals surface area contributed by atoms with Crippen molar-refractivity contribution in [2.45, 2.75) is 32.2 Å². The number of nitrogens with zero attached hydrogens (tertiary/aromatic N) is 5. The zero-order chi connectivity index (χ0) is 13.1. The molecule has 2 aromatic rings. The standard InChI is InChI=1S/C13H18N6/c1-10-5-15-12(6-14-10)8-19-4-2-3-11(7-19)13-16-9-17-18-13/h5-6,9,11H,2-4,7-8H2,1H3,(H,16,17,18). The van der Waals surface area contributed by atoms with Gasteiger partial charge < -0.3 is 0 Å². The second-order valence-corrected chi connectivity index (χ2v) is 5.09. The molecule has 0 aromatic carbocycles. The van der Waals surface area contributed by atoms with Crippen molar-refractivity contribution >= 4 is 0 Å². The second kappa shape index (κ2) is 5.44. The van der Waals surface area contributed by atoms with Crippen LogP contribution in [0.4, 0.5) is 0 Å². The molecule has 0 spiro atoms. The lowest BCUT2D eigenvalue weighted by molar-refractivity contribution is 0.194. The van der Waals surface area contributed by atoms with E-state index in [-0.39, 0.29) is 0 Å². The molecule has 2 aromatic heterocycles. The number of piperidine rings is 1. The molecule has 1 aliphatic heterocycles. The van der Waals surface area contributed by atoms with Crippen LogP contribution in [0, 0.1) is 6.92 Å². The van der Waals surface area contributed by atoms with Gasteiger partial charge in [-0.3, -0.25) is 20.0 Å². The van der Waals surface area contributed by atoms with Crippen LogP contribution < -0.4 is 0 Å². The molecule has 0 bridgehead atoms. The van der Waals surface area contributed by atoms with Crippen LogP contribution in [0.1, 0.15) is 36.0 Å². The van der Waals surface area contributed by atoms with E-state index in [4.69, 9.17) is 0 Å². The normalized spacial score (nSPS) is 20.6. The van der Waals surface area contributed by atoms with Crippen LogP contribution in [0.25, 0.3) is 0 Å². The summed E-state index contributed by atoms with van der Waals surface area (Å²) < 4.78 is 0.